The zero-order chi connectivity index (χ0) is 13.3. The third-order valence-electron chi connectivity index (χ3n) is 2.66. The smallest absolute Gasteiger partial charge is 0.272 e. The van der Waals surface area contributed by atoms with Crippen LogP contribution in [0.15, 0.2) is 16.2 Å². The average molecular weight is 283 g/mol. The van der Waals surface area contributed by atoms with Crippen LogP contribution in [0.1, 0.15) is 19.9 Å². The number of aromatic nitrogens is 2. The molecular weight excluding hydrogens is 270 g/mol. The van der Waals surface area contributed by atoms with Crippen molar-refractivity contribution >= 4 is 39.7 Å². The van der Waals surface area contributed by atoms with Gasteiger partial charge < -0.3 is 10.3 Å². The van der Waals surface area contributed by atoms with Gasteiger partial charge in [0.05, 0.1) is 5.52 Å². The Kier molecular flexibility index (Phi) is 3.63. The molecule has 7 heteroatoms. The lowest BCUT2D eigenvalue weighted by molar-refractivity contribution is -0.123. The molecule has 2 heterocycles. The minimum atomic E-state index is -0.618. The van der Waals surface area contributed by atoms with Crippen LogP contribution in [-0.4, -0.2) is 22.0 Å². The summed E-state index contributed by atoms with van der Waals surface area (Å²) >= 11 is 6.48. The molecule has 2 aromatic rings. The standard InChI is InChI=1S/C11H13N3O2S2/c1-3-12-9(15)6(2)14-10(16)8-7(4-5-18-8)13-11(14)17/h4-6H,3H2,1-2H3,(H,12,15)(H,13,17). The molecule has 0 aliphatic heterocycles. The van der Waals surface area contributed by atoms with E-state index in [1.165, 1.54) is 15.9 Å². The van der Waals surface area contributed by atoms with Gasteiger partial charge in [0.2, 0.25) is 5.91 Å². The molecule has 18 heavy (non-hydrogen) atoms. The van der Waals surface area contributed by atoms with Crippen LogP contribution in [0.3, 0.4) is 0 Å². The molecule has 2 rings (SSSR count). The molecular formula is C11H13N3O2S2. The number of H-pyrrole nitrogens is 1. The number of aromatic amines is 1. The molecule has 2 N–H and O–H groups in total. The van der Waals surface area contributed by atoms with Gasteiger partial charge in [-0.25, -0.2) is 0 Å². The number of hydrogen-bond acceptors (Lipinski definition) is 4. The number of nitrogens with zero attached hydrogens (tertiary/aromatic N) is 1. The van der Waals surface area contributed by atoms with Gasteiger partial charge in [0, 0.05) is 6.54 Å². The van der Waals surface area contributed by atoms with Crippen LogP contribution >= 0.6 is 23.6 Å². The van der Waals surface area contributed by atoms with Crippen LogP contribution in [0, 0.1) is 4.77 Å². The average Bonchev–Trinajstić information content (AvgIpc) is 2.77. The van der Waals surface area contributed by atoms with Crippen molar-refractivity contribution in [3.05, 3.63) is 26.6 Å². The van der Waals surface area contributed by atoms with Crippen LogP contribution in [0.4, 0.5) is 0 Å². The van der Waals surface area contributed by atoms with Gasteiger partial charge in [0.1, 0.15) is 10.7 Å². The first-order valence-electron chi connectivity index (χ1n) is 5.56. The highest BCUT2D eigenvalue weighted by Gasteiger charge is 2.18. The summed E-state index contributed by atoms with van der Waals surface area (Å²) in [5.74, 6) is -0.213. The van der Waals surface area contributed by atoms with E-state index in [-0.39, 0.29) is 16.2 Å². The number of hydrogen-bond donors (Lipinski definition) is 2. The van der Waals surface area contributed by atoms with Crippen molar-refractivity contribution in [2.75, 3.05) is 6.54 Å². The van der Waals surface area contributed by atoms with Crippen LogP contribution in [0.2, 0.25) is 0 Å². The van der Waals surface area contributed by atoms with E-state index in [1.807, 2.05) is 12.3 Å². The van der Waals surface area contributed by atoms with Gasteiger partial charge in [0.25, 0.3) is 5.56 Å². The summed E-state index contributed by atoms with van der Waals surface area (Å²) in [7, 11) is 0. The van der Waals surface area contributed by atoms with Crippen molar-refractivity contribution in [2.45, 2.75) is 19.9 Å². The Balaban J connectivity index is 2.60. The Morgan fingerprint density at radius 3 is 3.06 bits per heavy atom. The summed E-state index contributed by atoms with van der Waals surface area (Å²) in [6, 6.07) is 1.19. The van der Waals surface area contributed by atoms with E-state index in [0.29, 0.717) is 16.8 Å². The minimum Gasteiger partial charge on any atom is -0.355 e. The highest BCUT2D eigenvalue weighted by molar-refractivity contribution is 7.71. The predicted octanol–water partition coefficient (Wildman–Crippen LogP) is 1.82. The van der Waals surface area contributed by atoms with Gasteiger partial charge >= 0.3 is 0 Å². The van der Waals surface area contributed by atoms with E-state index < -0.39 is 6.04 Å². The van der Waals surface area contributed by atoms with E-state index in [9.17, 15) is 9.59 Å². The Hall–Kier alpha value is -1.47. The summed E-state index contributed by atoms with van der Waals surface area (Å²) in [6.07, 6.45) is 0. The highest BCUT2D eigenvalue weighted by atomic mass is 32.1. The second kappa shape index (κ2) is 5.03. The first-order chi connectivity index (χ1) is 8.56. The molecule has 0 fully saturated rings. The first kappa shape index (κ1) is 13.0. The molecule has 0 aliphatic carbocycles. The zero-order valence-corrected chi connectivity index (χ0v) is 11.7. The molecule has 0 radical (unpaired) electrons. The lowest BCUT2D eigenvalue weighted by Gasteiger charge is -2.14. The molecule has 0 saturated heterocycles. The molecule has 5 nitrogen and oxygen atoms in total. The van der Waals surface area contributed by atoms with Gasteiger partial charge in [-0.1, -0.05) is 0 Å². The number of likely N-dealkylation sites (N-methyl/N-ethyl adjacent to an activating group) is 1. The third-order valence-corrected chi connectivity index (χ3v) is 3.86. The monoisotopic (exact) mass is 283 g/mol. The number of nitrogens with one attached hydrogen (secondary N) is 2. The Morgan fingerprint density at radius 1 is 1.67 bits per heavy atom. The topological polar surface area (TPSA) is 66.9 Å². The number of rotatable bonds is 3. The second-order valence-electron chi connectivity index (χ2n) is 3.84. The van der Waals surface area contributed by atoms with Crippen molar-refractivity contribution in [1.82, 2.24) is 14.9 Å². The number of thiophene rings is 1. The SMILES string of the molecule is CCNC(=O)C(C)n1c(=S)[nH]c2ccsc2c1=O. The van der Waals surface area contributed by atoms with E-state index in [1.54, 1.807) is 13.0 Å². The molecule has 96 valence electrons. The van der Waals surface area contributed by atoms with Crippen LogP contribution < -0.4 is 10.9 Å². The molecule has 1 amide bonds. The summed E-state index contributed by atoms with van der Waals surface area (Å²) in [5.41, 5.74) is 0.497. The molecule has 0 spiro atoms. The fourth-order valence-corrected chi connectivity index (χ4v) is 2.88. The van der Waals surface area contributed by atoms with Crippen molar-refractivity contribution in [2.24, 2.45) is 0 Å². The molecule has 1 unspecified atom stereocenters. The Labute approximate surface area is 112 Å². The Bertz CT molecular complexity index is 698. The van der Waals surface area contributed by atoms with E-state index in [2.05, 4.69) is 10.3 Å². The highest BCUT2D eigenvalue weighted by Crippen LogP contribution is 2.15. The molecule has 2 aromatic heterocycles. The molecule has 0 aliphatic rings. The zero-order valence-electron chi connectivity index (χ0n) is 10.0. The van der Waals surface area contributed by atoms with Crippen LogP contribution in [0.5, 0.6) is 0 Å². The number of carbonyl (C=O) groups excluding carboxylic acids is 1. The van der Waals surface area contributed by atoms with Crippen LogP contribution in [0.25, 0.3) is 10.2 Å². The maximum atomic E-state index is 12.3. The normalized spacial score (nSPS) is 12.6. The summed E-state index contributed by atoms with van der Waals surface area (Å²) in [4.78, 5) is 27.0. The molecule has 0 saturated carbocycles. The summed E-state index contributed by atoms with van der Waals surface area (Å²) in [5, 5.41) is 4.50. The van der Waals surface area contributed by atoms with Gasteiger partial charge in [-0.3, -0.25) is 14.2 Å². The van der Waals surface area contributed by atoms with Gasteiger partial charge in [-0.2, -0.15) is 0 Å². The van der Waals surface area contributed by atoms with E-state index in [0.717, 1.165) is 0 Å². The second-order valence-corrected chi connectivity index (χ2v) is 5.14. The number of carbonyl (C=O) groups is 1. The largest absolute Gasteiger partial charge is 0.355 e. The van der Waals surface area contributed by atoms with Crippen molar-refractivity contribution in [3.8, 4) is 0 Å². The maximum absolute atomic E-state index is 12.3. The fraction of sp³-hybridized carbons (Fsp3) is 0.364. The van der Waals surface area contributed by atoms with Gasteiger partial charge in [-0.05, 0) is 37.5 Å². The first-order valence-corrected chi connectivity index (χ1v) is 6.84. The van der Waals surface area contributed by atoms with Crippen molar-refractivity contribution in [3.63, 3.8) is 0 Å². The van der Waals surface area contributed by atoms with Gasteiger partial charge in [-0.15, -0.1) is 11.3 Å². The minimum absolute atomic E-state index is 0.213. The summed E-state index contributed by atoms with van der Waals surface area (Å²) in [6.45, 7) is 4.02. The molecule has 0 aromatic carbocycles. The van der Waals surface area contributed by atoms with Crippen molar-refractivity contribution < 1.29 is 4.79 Å². The fourth-order valence-electron chi connectivity index (χ4n) is 1.74. The van der Waals surface area contributed by atoms with Crippen LogP contribution in [-0.2, 0) is 4.79 Å². The summed E-state index contributed by atoms with van der Waals surface area (Å²) < 4.78 is 2.17. The third kappa shape index (κ3) is 2.11. The maximum Gasteiger partial charge on any atom is 0.272 e. The lowest BCUT2D eigenvalue weighted by atomic mass is 10.3. The van der Waals surface area contributed by atoms with E-state index in [4.69, 9.17) is 12.2 Å². The van der Waals surface area contributed by atoms with Gasteiger partial charge in [0.15, 0.2) is 4.77 Å². The number of amides is 1. The Morgan fingerprint density at radius 2 is 2.39 bits per heavy atom. The number of fused-ring (bicyclic) bond motifs is 1. The lowest BCUT2D eigenvalue weighted by Crippen LogP contribution is -2.36. The van der Waals surface area contributed by atoms with Crippen molar-refractivity contribution in [1.29, 1.82) is 0 Å². The quantitative estimate of drug-likeness (QED) is 0.844. The molecule has 1 atom stereocenters. The predicted molar refractivity (Wildman–Crippen MR) is 74.7 cm³/mol. The van der Waals surface area contributed by atoms with E-state index >= 15 is 0 Å². The molecule has 0 bridgehead atoms.